The Morgan fingerprint density at radius 1 is 1.25 bits per heavy atom. The van der Waals surface area contributed by atoms with Crippen molar-refractivity contribution in [2.24, 2.45) is 0 Å². The van der Waals surface area contributed by atoms with E-state index in [1.54, 1.807) is 0 Å². The summed E-state index contributed by atoms with van der Waals surface area (Å²) in [6, 6.07) is 5.21. The van der Waals surface area contributed by atoms with Crippen LogP contribution in [0, 0.1) is 5.82 Å². The minimum atomic E-state index is -1.38. The molecule has 1 amide bonds. The minimum Gasteiger partial charge on any atom is -0.478 e. The highest BCUT2D eigenvalue weighted by atomic mass is 19.1. The number of aromatic nitrogens is 2. The maximum absolute atomic E-state index is 13.0. The molecule has 0 radical (unpaired) electrons. The zero-order chi connectivity index (χ0) is 14.7. The van der Waals surface area contributed by atoms with Gasteiger partial charge < -0.3 is 10.4 Å². The predicted molar refractivity (Wildman–Crippen MR) is 66.2 cm³/mol. The van der Waals surface area contributed by atoms with Crippen LogP contribution < -0.4 is 10.9 Å². The molecule has 2 aromatic rings. The fourth-order valence-corrected chi connectivity index (χ4v) is 1.46. The van der Waals surface area contributed by atoms with Crippen molar-refractivity contribution in [3.63, 3.8) is 0 Å². The standard InChI is InChI=1S/C12H8FN3O4/c13-6-1-2-8(7(5-6)12(19)20)14-11(18)9-3-4-10(17)16-15-9/h1-5H,(H,14,18)(H,16,17)(H,19,20). The molecule has 0 saturated heterocycles. The molecule has 0 bridgehead atoms. The average Bonchev–Trinajstić information content (AvgIpc) is 2.41. The lowest BCUT2D eigenvalue weighted by molar-refractivity contribution is 0.0697. The Morgan fingerprint density at radius 3 is 2.60 bits per heavy atom. The van der Waals surface area contributed by atoms with Crippen molar-refractivity contribution in [2.75, 3.05) is 5.32 Å². The second kappa shape index (κ2) is 5.31. The minimum absolute atomic E-state index is 0.0723. The molecule has 3 N–H and O–H groups in total. The van der Waals surface area contributed by atoms with Crippen molar-refractivity contribution in [3.05, 3.63) is 57.8 Å². The Kier molecular flexibility index (Phi) is 3.56. The van der Waals surface area contributed by atoms with Gasteiger partial charge in [-0.3, -0.25) is 9.59 Å². The van der Waals surface area contributed by atoms with Gasteiger partial charge in [-0.1, -0.05) is 0 Å². The van der Waals surface area contributed by atoms with Gasteiger partial charge in [-0.05, 0) is 24.3 Å². The van der Waals surface area contributed by atoms with Gasteiger partial charge in [0.05, 0.1) is 11.3 Å². The second-order valence-electron chi connectivity index (χ2n) is 3.76. The molecule has 20 heavy (non-hydrogen) atoms. The van der Waals surface area contributed by atoms with Crippen LogP contribution in [-0.4, -0.2) is 27.2 Å². The number of hydrogen-bond donors (Lipinski definition) is 3. The smallest absolute Gasteiger partial charge is 0.337 e. The number of carboxylic acids is 1. The first-order valence-electron chi connectivity index (χ1n) is 5.37. The third-order valence-corrected chi connectivity index (χ3v) is 2.37. The number of carbonyl (C=O) groups excluding carboxylic acids is 1. The van der Waals surface area contributed by atoms with Gasteiger partial charge in [-0.25, -0.2) is 14.3 Å². The number of amides is 1. The molecule has 0 saturated carbocycles. The van der Waals surface area contributed by atoms with Crippen LogP contribution in [0.4, 0.5) is 10.1 Å². The number of aromatic carboxylic acids is 1. The zero-order valence-electron chi connectivity index (χ0n) is 9.88. The molecule has 2 rings (SSSR count). The molecular weight excluding hydrogens is 269 g/mol. The van der Waals surface area contributed by atoms with E-state index in [1.807, 2.05) is 0 Å². The van der Waals surface area contributed by atoms with Crippen molar-refractivity contribution in [1.82, 2.24) is 10.2 Å². The van der Waals surface area contributed by atoms with Crippen LogP contribution in [0.5, 0.6) is 0 Å². The maximum atomic E-state index is 13.0. The monoisotopic (exact) mass is 277 g/mol. The fraction of sp³-hybridized carbons (Fsp3) is 0. The lowest BCUT2D eigenvalue weighted by Crippen LogP contribution is -2.19. The van der Waals surface area contributed by atoms with Crippen LogP contribution in [0.3, 0.4) is 0 Å². The fourth-order valence-electron chi connectivity index (χ4n) is 1.46. The number of carboxylic acid groups (broad SMARTS) is 1. The third kappa shape index (κ3) is 2.86. The van der Waals surface area contributed by atoms with Gasteiger partial charge in [0.1, 0.15) is 11.5 Å². The lowest BCUT2D eigenvalue weighted by atomic mass is 10.1. The topological polar surface area (TPSA) is 112 Å². The van der Waals surface area contributed by atoms with Gasteiger partial charge in [0, 0.05) is 6.07 Å². The normalized spacial score (nSPS) is 10.1. The Balaban J connectivity index is 2.30. The van der Waals surface area contributed by atoms with E-state index in [9.17, 15) is 18.8 Å². The lowest BCUT2D eigenvalue weighted by Gasteiger charge is -2.07. The predicted octanol–water partition coefficient (Wildman–Crippen LogP) is 0.859. The summed E-state index contributed by atoms with van der Waals surface area (Å²) in [5.41, 5.74) is -1.04. The number of nitrogens with one attached hydrogen (secondary N) is 2. The van der Waals surface area contributed by atoms with E-state index in [2.05, 4.69) is 15.5 Å². The summed E-state index contributed by atoms with van der Waals surface area (Å²) in [5, 5.41) is 16.8. The molecule has 7 nitrogen and oxygen atoms in total. The Hall–Kier alpha value is -3.03. The van der Waals surface area contributed by atoms with Crippen LogP contribution in [0.25, 0.3) is 0 Å². The molecule has 0 fully saturated rings. The van der Waals surface area contributed by atoms with E-state index in [1.165, 1.54) is 6.07 Å². The van der Waals surface area contributed by atoms with Crippen LogP contribution in [0.2, 0.25) is 0 Å². The number of nitrogens with zero attached hydrogens (tertiary/aromatic N) is 1. The molecule has 0 spiro atoms. The van der Waals surface area contributed by atoms with E-state index in [4.69, 9.17) is 5.11 Å². The number of rotatable bonds is 3. The first kappa shape index (κ1) is 13.4. The molecule has 0 unspecified atom stereocenters. The SMILES string of the molecule is O=C(Nc1ccc(F)cc1C(=O)O)c1ccc(=O)[nH]n1. The van der Waals surface area contributed by atoms with E-state index >= 15 is 0 Å². The number of carbonyl (C=O) groups is 2. The van der Waals surface area contributed by atoms with Crippen molar-refractivity contribution in [2.45, 2.75) is 0 Å². The molecular formula is C12H8FN3O4. The second-order valence-corrected chi connectivity index (χ2v) is 3.76. The van der Waals surface area contributed by atoms with Crippen LogP contribution in [0.1, 0.15) is 20.8 Å². The highest BCUT2D eigenvalue weighted by Crippen LogP contribution is 2.17. The summed E-state index contributed by atoms with van der Waals surface area (Å²) in [5.74, 6) is -2.84. The van der Waals surface area contributed by atoms with E-state index in [0.717, 1.165) is 24.3 Å². The van der Waals surface area contributed by atoms with Crippen molar-refractivity contribution >= 4 is 17.6 Å². The van der Waals surface area contributed by atoms with Crippen molar-refractivity contribution < 1.29 is 19.1 Å². The molecule has 1 heterocycles. The Bertz CT molecular complexity index is 721. The van der Waals surface area contributed by atoms with Gasteiger partial charge >= 0.3 is 5.97 Å². The highest BCUT2D eigenvalue weighted by molar-refractivity contribution is 6.06. The first-order chi connectivity index (χ1) is 9.47. The van der Waals surface area contributed by atoms with E-state index < -0.39 is 23.3 Å². The van der Waals surface area contributed by atoms with Crippen molar-refractivity contribution in [1.29, 1.82) is 0 Å². The zero-order valence-corrected chi connectivity index (χ0v) is 9.88. The van der Waals surface area contributed by atoms with Gasteiger partial charge in [-0.15, -0.1) is 0 Å². The summed E-state index contributed by atoms with van der Waals surface area (Å²) in [6.45, 7) is 0. The molecule has 1 aromatic heterocycles. The molecule has 0 aliphatic heterocycles. The van der Waals surface area contributed by atoms with E-state index in [0.29, 0.717) is 0 Å². The first-order valence-corrected chi connectivity index (χ1v) is 5.37. The van der Waals surface area contributed by atoms with Gasteiger partial charge in [0.15, 0.2) is 0 Å². The number of hydrogen-bond acceptors (Lipinski definition) is 4. The average molecular weight is 277 g/mol. The molecule has 8 heteroatoms. The number of anilines is 1. The van der Waals surface area contributed by atoms with Crippen LogP contribution in [0.15, 0.2) is 35.1 Å². The summed E-state index contributed by atoms with van der Waals surface area (Å²) < 4.78 is 13.0. The molecule has 0 aliphatic rings. The summed E-state index contributed by atoms with van der Waals surface area (Å²) >= 11 is 0. The van der Waals surface area contributed by atoms with Crippen LogP contribution >= 0.6 is 0 Å². The molecule has 0 aliphatic carbocycles. The van der Waals surface area contributed by atoms with Gasteiger partial charge in [0.25, 0.3) is 11.5 Å². The van der Waals surface area contributed by atoms with Gasteiger partial charge in [0.2, 0.25) is 0 Å². The summed E-state index contributed by atoms with van der Waals surface area (Å²) in [6.07, 6.45) is 0. The molecule has 1 aromatic carbocycles. The number of halogens is 1. The molecule has 0 atom stereocenters. The quantitative estimate of drug-likeness (QED) is 0.770. The summed E-state index contributed by atoms with van der Waals surface area (Å²) in [7, 11) is 0. The number of H-pyrrole nitrogens is 1. The summed E-state index contributed by atoms with van der Waals surface area (Å²) in [4.78, 5) is 33.6. The number of benzene rings is 1. The van der Waals surface area contributed by atoms with Crippen molar-refractivity contribution in [3.8, 4) is 0 Å². The third-order valence-electron chi connectivity index (χ3n) is 2.37. The molecule has 102 valence electrons. The highest BCUT2D eigenvalue weighted by Gasteiger charge is 2.15. The largest absolute Gasteiger partial charge is 0.478 e. The number of aromatic amines is 1. The van der Waals surface area contributed by atoms with Crippen LogP contribution in [-0.2, 0) is 0 Å². The van der Waals surface area contributed by atoms with Gasteiger partial charge in [-0.2, -0.15) is 5.10 Å². The van der Waals surface area contributed by atoms with E-state index in [-0.39, 0.29) is 16.9 Å². The maximum Gasteiger partial charge on any atom is 0.337 e. The Labute approximate surface area is 111 Å². The Morgan fingerprint density at radius 2 is 2.00 bits per heavy atom.